The van der Waals surface area contributed by atoms with Gasteiger partial charge in [0.1, 0.15) is 0 Å². The van der Waals surface area contributed by atoms with Crippen molar-refractivity contribution in [2.75, 3.05) is 6.61 Å². The Bertz CT molecular complexity index is 286. The van der Waals surface area contributed by atoms with Gasteiger partial charge in [-0.2, -0.15) is 0 Å². The highest BCUT2D eigenvalue weighted by Gasteiger charge is 2.56. The van der Waals surface area contributed by atoms with Crippen molar-refractivity contribution in [2.24, 2.45) is 23.2 Å². The van der Waals surface area contributed by atoms with Crippen molar-refractivity contribution in [3.8, 4) is 0 Å². The number of ether oxygens (including phenoxy) is 1. The monoisotopic (exact) mass is 208 g/mol. The fourth-order valence-corrected chi connectivity index (χ4v) is 4.40. The Balaban J connectivity index is 1.89. The molecule has 0 N–H and O–H groups in total. The van der Waals surface area contributed by atoms with Gasteiger partial charge in [-0.05, 0) is 56.3 Å². The molecule has 2 heteroatoms. The fraction of sp³-hybridized carbons (Fsp3) is 0.923. The first-order valence-corrected chi connectivity index (χ1v) is 6.38. The maximum absolute atomic E-state index is 12.0. The molecule has 4 unspecified atom stereocenters. The molecule has 0 radical (unpaired) electrons. The maximum Gasteiger partial charge on any atom is 0.312 e. The largest absolute Gasteiger partial charge is 0.465 e. The van der Waals surface area contributed by atoms with Gasteiger partial charge >= 0.3 is 5.97 Å². The van der Waals surface area contributed by atoms with E-state index in [9.17, 15) is 4.79 Å². The second-order valence-corrected chi connectivity index (χ2v) is 5.97. The van der Waals surface area contributed by atoms with Crippen LogP contribution in [-0.4, -0.2) is 12.6 Å². The van der Waals surface area contributed by atoms with Crippen molar-refractivity contribution in [1.29, 1.82) is 0 Å². The number of hydrogen-bond acceptors (Lipinski definition) is 2. The van der Waals surface area contributed by atoms with E-state index in [1.54, 1.807) is 0 Å². The minimum atomic E-state index is -0.0479. The summed E-state index contributed by atoms with van der Waals surface area (Å²) in [5, 5.41) is 0. The SMILES string of the molecule is CC1CC2CC(C1)C1(CCCOC1=O)C2. The van der Waals surface area contributed by atoms with Crippen molar-refractivity contribution >= 4 is 5.97 Å². The third kappa shape index (κ3) is 1.33. The van der Waals surface area contributed by atoms with Crippen LogP contribution in [0.15, 0.2) is 0 Å². The van der Waals surface area contributed by atoms with Crippen molar-refractivity contribution in [1.82, 2.24) is 0 Å². The summed E-state index contributed by atoms with van der Waals surface area (Å²) >= 11 is 0. The molecule has 4 atom stereocenters. The van der Waals surface area contributed by atoms with E-state index in [1.165, 1.54) is 19.3 Å². The lowest BCUT2D eigenvalue weighted by atomic mass is 9.70. The van der Waals surface area contributed by atoms with E-state index in [2.05, 4.69) is 6.92 Å². The third-order valence-corrected chi connectivity index (χ3v) is 4.88. The molecule has 84 valence electrons. The van der Waals surface area contributed by atoms with E-state index in [-0.39, 0.29) is 11.4 Å². The lowest BCUT2D eigenvalue weighted by Gasteiger charge is -2.37. The second-order valence-electron chi connectivity index (χ2n) is 5.97. The van der Waals surface area contributed by atoms with Gasteiger partial charge in [-0.3, -0.25) is 4.79 Å². The van der Waals surface area contributed by atoms with Crippen LogP contribution in [0.25, 0.3) is 0 Å². The smallest absolute Gasteiger partial charge is 0.312 e. The molecule has 1 aliphatic heterocycles. The van der Waals surface area contributed by atoms with Crippen LogP contribution in [0.4, 0.5) is 0 Å². The van der Waals surface area contributed by atoms with Crippen LogP contribution < -0.4 is 0 Å². The number of esters is 1. The van der Waals surface area contributed by atoms with E-state index in [4.69, 9.17) is 4.74 Å². The van der Waals surface area contributed by atoms with Crippen LogP contribution in [-0.2, 0) is 9.53 Å². The van der Waals surface area contributed by atoms with Gasteiger partial charge in [0.05, 0.1) is 12.0 Å². The molecule has 2 bridgehead atoms. The first-order chi connectivity index (χ1) is 7.21. The Kier molecular flexibility index (Phi) is 2.08. The number of carbonyl (C=O) groups is 1. The van der Waals surface area contributed by atoms with E-state index in [0.29, 0.717) is 12.5 Å². The Labute approximate surface area is 91.4 Å². The second kappa shape index (κ2) is 3.23. The number of carbonyl (C=O) groups excluding carboxylic acids is 1. The highest BCUT2D eigenvalue weighted by atomic mass is 16.5. The quantitative estimate of drug-likeness (QED) is 0.572. The predicted molar refractivity (Wildman–Crippen MR) is 57.2 cm³/mol. The van der Waals surface area contributed by atoms with Gasteiger partial charge in [0.15, 0.2) is 0 Å². The lowest BCUT2D eigenvalue weighted by molar-refractivity contribution is -0.165. The summed E-state index contributed by atoms with van der Waals surface area (Å²) in [6, 6.07) is 0. The number of hydrogen-bond donors (Lipinski definition) is 0. The maximum atomic E-state index is 12.0. The van der Waals surface area contributed by atoms with E-state index >= 15 is 0 Å². The number of rotatable bonds is 0. The summed E-state index contributed by atoms with van der Waals surface area (Å²) in [7, 11) is 0. The first-order valence-electron chi connectivity index (χ1n) is 6.38. The molecular weight excluding hydrogens is 188 g/mol. The molecule has 2 saturated carbocycles. The summed E-state index contributed by atoms with van der Waals surface area (Å²) in [5.74, 6) is 2.40. The number of fused-ring (bicyclic) bond motifs is 3. The molecule has 0 aromatic carbocycles. The Hall–Kier alpha value is -0.530. The average Bonchev–Trinajstić information content (AvgIpc) is 2.44. The van der Waals surface area contributed by atoms with Gasteiger partial charge in [0, 0.05) is 0 Å². The molecular formula is C13H20O2. The Morgan fingerprint density at radius 3 is 3.00 bits per heavy atom. The molecule has 3 aliphatic rings. The van der Waals surface area contributed by atoms with Crippen LogP contribution in [0.5, 0.6) is 0 Å². The van der Waals surface area contributed by atoms with Gasteiger partial charge in [0.2, 0.25) is 0 Å². The molecule has 0 amide bonds. The molecule has 1 saturated heterocycles. The van der Waals surface area contributed by atoms with Crippen LogP contribution in [0.3, 0.4) is 0 Å². The van der Waals surface area contributed by atoms with Gasteiger partial charge in [-0.25, -0.2) is 0 Å². The van der Waals surface area contributed by atoms with Gasteiger partial charge in [0.25, 0.3) is 0 Å². The standard InChI is InChI=1S/C13H20O2/c1-9-5-10-7-11(6-9)13(8-10)3-2-4-15-12(13)14/h9-11H,2-8H2,1H3. The van der Waals surface area contributed by atoms with Gasteiger partial charge < -0.3 is 4.74 Å². The van der Waals surface area contributed by atoms with Crippen molar-refractivity contribution in [2.45, 2.75) is 45.4 Å². The zero-order valence-corrected chi connectivity index (χ0v) is 9.50. The molecule has 1 heterocycles. The van der Waals surface area contributed by atoms with Crippen molar-refractivity contribution < 1.29 is 9.53 Å². The zero-order valence-electron chi connectivity index (χ0n) is 9.50. The van der Waals surface area contributed by atoms with E-state index in [0.717, 1.165) is 31.1 Å². The highest BCUT2D eigenvalue weighted by Crippen LogP contribution is 2.58. The summed E-state index contributed by atoms with van der Waals surface area (Å²) in [6.45, 7) is 3.00. The van der Waals surface area contributed by atoms with Gasteiger partial charge in [-0.15, -0.1) is 0 Å². The van der Waals surface area contributed by atoms with E-state index < -0.39 is 0 Å². The predicted octanol–water partition coefficient (Wildman–Crippen LogP) is 2.77. The molecule has 2 aliphatic carbocycles. The summed E-state index contributed by atoms with van der Waals surface area (Å²) in [4.78, 5) is 12.0. The molecule has 3 fully saturated rings. The van der Waals surface area contributed by atoms with Crippen molar-refractivity contribution in [3.63, 3.8) is 0 Å². The van der Waals surface area contributed by atoms with Crippen LogP contribution >= 0.6 is 0 Å². The molecule has 1 spiro atoms. The minimum absolute atomic E-state index is 0.0479. The average molecular weight is 208 g/mol. The molecule has 0 aromatic rings. The highest BCUT2D eigenvalue weighted by molar-refractivity contribution is 5.78. The Morgan fingerprint density at radius 1 is 1.33 bits per heavy atom. The zero-order chi connectivity index (χ0) is 10.5. The summed E-state index contributed by atoms with van der Waals surface area (Å²) < 4.78 is 5.32. The topological polar surface area (TPSA) is 26.3 Å². The fourth-order valence-electron chi connectivity index (χ4n) is 4.40. The first kappa shape index (κ1) is 9.68. The number of cyclic esters (lactones) is 1. The van der Waals surface area contributed by atoms with Crippen LogP contribution in [0.1, 0.15) is 45.4 Å². The normalized spacial score (nSPS) is 49.4. The summed E-state index contributed by atoms with van der Waals surface area (Å²) in [5.41, 5.74) is -0.0479. The Morgan fingerprint density at radius 2 is 2.20 bits per heavy atom. The van der Waals surface area contributed by atoms with Crippen LogP contribution in [0, 0.1) is 23.2 Å². The van der Waals surface area contributed by atoms with Gasteiger partial charge in [-0.1, -0.05) is 6.92 Å². The lowest BCUT2D eigenvalue weighted by Crippen LogP contribution is -2.40. The molecule has 2 nitrogen and oxygen atoms in total. The summed E-state index contributed by atoms with van der Waals surface area (Å²) in [6.07, 6.45) is 7.19. The third-order valence-electron chi connectivity index (χ3n) is 4.88. The molecule has 0 aromatic heterocycles. The van der Waals surface area contributed by atoms with Crippen molar-refractivity contribution in [3.05, 3.63) is 0 Å². The van der Waals surface area contributed by atoms with Crippen LogP contribution in [0.2, 0.25) is 0 Å². The minimum Gasteiger partial charge on any atom is -0.465 e. The molecule has 3 rings (SSSR count). The molecule has 15 heavy (non-hydrogen) atoms. The van der Waals surface area contributed by atoms with E-state index in [1.807, 2.05) is 0 Å².